The topological polar surface area (TPSA) is 55.8 Å². The number of rotatable bonds is 5. The number of carbonyl (C=O) groups excluding carboxylic acids is 1. The van der Waals surface area contributed by atoms with Gasteiger partial charge in [0.1, 0.15) is 11.5 Å². The summed E-state index contributed by atoms with van der Waals surface area (Å²) in [5, 5.41) is 10.2. The van der Waals surface area contributed by atoms with Gasteiger partial charge in [-0.1, -0.05) is 35.3 Å². The van der Waals surface area contributed by atoms with Crippen molar-refractivity contribution in [1.82, 2.24) is 0 Å². The molecular formula is C16H14Cl2O4. The first-order valence-electron chi connectivity index (χ1n) is 6.45. The monoisotopic (exact) mass is 340 g/mol. The highest BCUT2D eigenvalue weighted by Gasteiger charge is 2.11. The Hall–Kier alpha value is -1.91. The number of esters is 1. The molecule has 22 heavy (non-hydrogen) atoms. The van der Waals surface area contributed by atoms with Crippen molar-refractivity contribution < 1.29 is 19.4 Å². The van der Waals surface area contributed by atoms with Crippen molar-refractivity contribution in [2.75, 3.05) is 13.7 Å². The highest BCUT2D eigenvalue weighted by Crippen LogP contribution is 2.32. The van der Waals surface area contributed by atoms with Gasteiger partial charge in [0, 0.05) is 16.5 Å². The van der Waals surface area contributed by atoms with Gasteiger partial charge in [-0.05, 0) is 35.4 Å². The fraction of sp³-hybridized carbons (Fsp3) is 0.188. The molecule has 0 spiro atoms. The summed E-state index contributed by atoms with van der Waals surface area (Å²) in [4.78, 5) is 11.1. The first kappa shape index (κ1) is 16.5. The Morgan fingerprint density at radius 3 is 2.27 bits per heavy atom. The maximum Gasteiger partial charge on any atom is 0.343 e. The van der Waals surface area contributed by atoms with Crippen molar-refractivity contribution in [3.8, 4) is 11.5 Å². The normalized spacial score (nSPS) is 10.3. The van der Waals surface area contributed by atoms with Crippen LogP contribution >= 0.6 is 23.2 Å². The number of carbonyl (C=O) groups is 1. The van der Waals surface area contributed by atoms with Crippen molar-refractivity contribution >= 4 is 29.2 Å². The molecule has 2 aromatic rings. The van der Waals surface area contributed by atoms with E-state index in [4.69, 9.17) is 27.9 Å². The fourth-order valence-electron chi connectivity index (χ4n) is 1.85. The zero-order valence-electron chi connectivity index (χ0n) is 11.8. The van der Waals surface area contributed by atoms with Crippen LogP contribution in [0.5, 0.6) is 11.5 Å². The lowest BCUT2D eigenvalue weighted by atomic mass is 10.0. The van der Waals surface area contributed by atoms with Crippen molar-refractivity contribution in [1.29, 1.82) is 0 Å². The number of methoxy groups -OCH3 is 1. The second-order valence-electron chi connectivity index (χ2n) is 4.57. The zero-order valence-corrected chi connectivity index (χ0v) is 13.3. The molecule has 2 rings (SSSR count). The van der Waals surface area contributed by atoms with E-state index < -0.39 is 5.97 Å². The molecular weight excluding hydrogens is 327 g/mol. The molecule has 0 bridgehead atoms. The van der Waals surface area contributed by atoms with Crippen molar-refractivity contribution in [3.05, 3.63) is 57.6 Å². The number of phenols is 1. The highest BCUT2D eigenvalue weighted by atomic mass is 35.5. The van der Waals surface area contributed by atoms with Gasteiger partial charge in [-0.3, -0.25) is 0 Å². The number of hydrogen-bond donors (Lipinski definition) is 1. The quantitative estimate of drug-likeness (QED) is 0.840. The molecule has 0 aromatic heterocycles. The van der Waals surface area contributed by atoms with Gasteiger partial charge in [0.15, 0.2) is 6.61 Å². The molecule has 0 aliphatic rings. The van der Waals surface area contributed by atoms with Gasteiger partial charge in [0.25, 0.3) is 0 Å². The molecule has 0 amide bonds. The van der Waals surface area contributed by atoms with E-state index in [0.29, 0.717) is 22.2 Å². The highest BCUT2D eigenvalue weighted by molar-refractivity contribution is 6.36. The number of phenolic OH excluding ortho intramolecular Hbond substituents is 1. The van der Waals surface area contributed by atoms with Crippen molar-refractivity contribution in [3.63, 3.8) is 0 Å². The zero-order chi connectivity index (χ0) is 16.1. The SMILES string of the molecule is COC(=O)COc1cc(Cl)c(Cc2ccc(O)cc2)c(Cl)c1. The molecule has 2 aromatic carbocycles. The van der Waals surface area contributed by atoms with Crippen LogP contribution in [0.1, 0.15) is 11.1 Å². The first-order valence-corrected chi connectivity index (χ1v) is 7.20. The average molecular weight is 341 g/mol. The van der Waals surface area contributed by atoms with Crippen LogP contribution in [0.25, 0.3) is 0 Å². The van der Waals surface area contributed by atoms with E-state index in [-0.39, 0.29) is 12.4 Å². The van der Waals surface area contributed by atoms with Crippen molar-refractivity contribution in [2.45, 2.75) is 6.42 Å². The summed E-state index contributed by atoms with van der Waals surface area (Å²) in [5.74, 6) is 0.114. The smallest absolute Gasteiger partial charge is 0.343 e. The third kappa shape index (κ3) is 4.29. The van der Waals surface area contributed by atoms with Gasteiger partial charge in [-0.15, -0.1) is 0 Å². The second kappa shape index (κ2) is 7.38. The molecule has 0 saturated heterocycles. The Morgan fingerprint density at radius 2 is 1.73 bits per heavy atom. The van der Waals surface area contributed by atoms with E-state index in [0.717, 1.165) is 11.1 Å². The third-order valence-corrected chi connectivity index (χ3v) is 3.69. The van der Waals surface area contributed by atoms with Gasteiger partial charge in [-0.2, -0.15) is 0 Å². The number of ether oxygens (including phenoxy) is 2. The van der Waals surface area contributed by atoms with Crippen LogP contribution in [-0.2, 0) is 16.0 Å². The summed E-state index contributed by atoms with van der Waals surface area (Å²) in [6.45, 7) is -0.208. The van der Waals surface area contributed by atoms with Gasteiger partial charge in [0.05, 0.1) is 7.11 Å². The molecule has 4 nitrogen and oxygen atoms in total. The summed E-state index contributed by atoms with van der Waals surface area (Å²) in [6, 6.07) is 10.0. The maximum absolute atomic E-state index is 11.1. The number of aromatic hydroxyl groups is 1. The lowest BCUT2D eigenvalue weighted by molar-refractivity contribution is -0.142. The predicted octanol–water partition coefficient (Wildman–Crippen LogP) is 3.84. The summed E-state index contributed by atoms with van der Waals surface area (Å²) in [7, 11) is 1.28. The number of hydrogen-bond acceptors (Lipinski definition) is 4. The van der Waals surface area contributed by atoms with Crippen LogP contribution < -0.4 is 4.74 Å². The summed E-state index contributed by atoms with van der Waals surface area (Å²) in [5.41, 5.74) is 1.71. The number of benzene rings is 2. The minimum Gasteiger partial charge on any atom is -0.508 e. The van der Waals surface area contributed by atoms with Gasteiger partial charge < -0.3 is 14.6 Å². The molecule has 1 N–H and O–H groups in total. The fourth-order valence-corrected chi connectivity index (χ4v) is 2.45. The van der Waals surface area contributed by atoms with Crippen LogP contribution in [0.3, 0.4) is 0 Å². The molecule has 0 aliphatic heterocycles. The first-order chi connectivity index (χ1) is 10.5. The molecule has 0 heterocycles. The van der Waals surface area contributed by atoms with Crippen LogP contribution in [0, 0.1) is 0 Å². The lowest BCUT2D eigenvalue weighted by Crippen LogP contribution is -2.12. The van der Waals surface area contributed by atoms with Crippen LogP contribution in [0.4, 0.5) is 0 Å². The van der Waals surface area contributed by atoms with Crippen LogP contribution in [0.2, 0.25) is 10.0 Å². The minimum atomic E-state index is -0.486. The van der Waals surface area contributed by atoms with Crippen LogP contribution in [-0.4, -0.2) is 24.8 Å². The van der Waals surface area contributed by atoms with Crippen molar-refractivity contribution in [2.24, 2.45) is 0 Å². The maximum atomic E-state index is 11.1. The van der Waals surface area contributed by atoms with E-state index >= 15 is 0 Å². The molecule has 0 fully saturated rings. The Kier molecular flexibility index (Phi) is 5.52. The molecule has 0 saturated carbocycles. The Labute approximate surface area is 138 Å². The number of halogens is 2. The molecule has 0 unspecified atom stereocenters. The largest absolute Gasteiger partial charge is 0.508 e. The Morgan fingerprint density at radius 1 is 1.14 bits per heavy atom. The lowest BCUT2D eigenvalue weighted by Gasteiger charge is -2.11. The molecule has 6 heteroatoms. The third-order valence-electron chi connectivity index (χ3n) is 3.02. The van der Waals surface area contributed by atoms with Gasteiger partial charge in [-0.25, -0.2) is 4.79 Å². The Bertz CT molecular complexity index is 645. The summed E-state index contributed by atoms with van der Waals surface area (Å²) >= 11 is 12.5. The summed E-state index contributed by atoms with van der Waals surface area (Å²) in [6.07, 6.45) is 0.523. The molecule has 0 radical (unpaired) electrons. The van der Waals surface area contributed by atoms with Gasteiger partial charge in [0.2, 0.25) is 0 Å². The molecule has 116 valence electrons. The van der Waals surface area contributed by atoms with Gasteiger partial charge >= 0.3 is 5.97 Å². The Balaban J connectivity index is 2.16. The van der Waals surface area contributed by atoms with E-state index in [9.17, 15) is 9.90 Å². The minimum absolute atomic E-state index is 0.201. The summed E-state index contributed by atoms with van der Waals surface area (Å²) < 4.78 is 9.76. The van der Waals surface area contributed by atoms with E-state index in [1.807, 2.05) is 0 Å². The van der Waals surface area contributed by atoms with E-state index in [2.05, 4.69) is 4.74 Å². The molecule has 0 atom stereocenters. The standard InChI is InChI=1S/C16H14Cl2O4/c1-21-16(20)9-22-12-7-14(17)13(15(18)8-12)6-10-2-4-11(19)5-3-10/h2-5,7-8,19H,6,9H2,1H3. The van der Waals surface area contributed by atoms with Crippen LogP contribution in [0.15, 0.2) is 36.4 Å². The predicted molar refractivity (Wildman–Crippen MR) is 84.9 cm³/mol. The van der Waals surface area contributed by atoms with E-state index in [1.165, 1.54) is 7.11 Å². The second-order valence-corrected chi connectivity index (χ2v) is 5.39. The molecule has 0 aliphatic carbocycles. The average Bonchev–Trinajstić information content (AvgIpc) is 2.50. The van der Waals surface area contributed by atoms with E-state index in [1.54, 1.807) is 36.4 Å².